The summed E-state index contributed by atoms with van der Waals surface area (Å²) in [6.45, 7) is 7.00. The maximum absolute atomic E-state index is 14.2. The van der Waals surface area contributed by atoms with Crippen LogP contribution in [-0.2, 0) is 16.8 Å². The van der Waals surface area contributed by atoms with E-state index in [1.165, 1.54) is 18.2 Å². The summed E-state index contributed by atoms with van der Waals surface area (Å²) in [6.07, 6.45) is 5.48. The first-order valence-corrected chi connectivity index (χ1v) is 14.0. The number of halogens is 2. The van der Waals surface area contributed by atoms with E-state index >= 15 is 0 Å². The molecule has 1 aliphatic carbocycles. The number of carbonyl (C=O) groups excluding carboxylic acids is 1. The second kappa shape index (κ2) is 11.3. The van der Waals surface area contributed by atoms with Crippen LogP contribution >= 0.6 is 0 Å². The number of ether oxygens (including phenoxy) is 1. The minimum atomic E-state index is -0.892. The third kappa shape index (κ3) is 5.65. The van der Waals surface area contributed by atoms with Crippen molar-refractivity contribution in [2.24, 2.45) is 0 Å². The lowest BCUT2D eigenvalue weighted by Crippen LogP contribution is -2.36. The highest BCUT2D eigenvalue weighted by molar-refractivity contribution is 5.78. The molecule has 0 amide bonds. The molecule has 0 radical (unpaired) electrons. The van der Waals surface area contributed by atoms with E-state index in [0.29, 0.717) is 58.6 Å². The Morgan fingerprint density at radius 3 is 2.43 bits per heavy atom. The Morgan fingerprint density at radius 2 is 1.79 bits per heavy atom. The molecule has 3 heterocycles. The summed E-state index contributed by atoms with van der Waals surface area (Å²) in [4.78, 5) is 26.6. The van der Waals surface area contributed by atoms with Crippen LogP contribution in [0.3, 0.4) is 0 Å². The molecule has 5 rings (SSSR count). The lowest BCUT2D eigenvalue weighted by atomic mass is 9.83. The normalized spacial score (nSPS) is 19.1. The van der Waals surface area contributed by atoms with Crippen molar-refractivity contribution in [3.05, 3.63) is 65.0 Å². The van der Waals surface area contributed by atoms with Crippen molar-refractivity contribution in [2.45, 2.75) is 77.0 Å². The van der Waals surface area contributed by atoms with E-state index in [0.717, 1.165) is 19.1 Å². The van der Waals surface area contributed by atoms with Crippen LogP contribution in [0.15, 0.2) is 36.5 Å². The fourth-order valence-corrected chi connectivity index (χ4v) is 5.46. The summed E-state index contributed by atoms with van der Waals surface area (Å²) in [5.74, 6) is 0.376. The number of nitrogens with one attached hydrogen (secondary N) is 2. The zero-order valence-corrected chi connectivity index (χ0v) is 24.5. The summed E-state index contributed by atoms with van der Waals surface area (Å²) in [5, 5.41) is 17.1. The smallest absolute Gasteiger partial charge is 0.182 e. The Bertz CT molecular complexity index is 1600. The van der Waals surface area contributed by atoms with E-state index in [2.05, 4.69) is 10.6 Å². The number of aromatic nitrogens is 4. The highest BCUT2D eigenvalue weighted by atomic mass is 19.1. The van der Waals surface area contributed by atoms with Crippen molar-refractivity contribution in [3.63, 3.8) is 0 Å². The van der Waals surface area contributed by atoms with Crippen molar-refractivity contribution >= 4 is 23.6 Å². The van der Waals surface area contributed by atoms with E-state index in [1.807, 2.05) is 27.7 Å². The van der Waals surface area contributed by atoms with Gasteiger partial charge in [-0.3, -0.25) is 4.40 Å². The van der Waals surface area contributed by atoms with Crippen molar-refractivity contribution < 1.29 is 23.4 Å². The summed E-state index contributed by atoms with van der Waals surface area (Å²) in [6, 6.07) is 7.18. The van der Waals surface area contributed by atoms with Crippen LogP contribution in [0.25, 0.3) is 17.2 Å². The minimum absolute atomic E-state index is 0.0564. The van der Waals surface area contributed by atoms with Crippen LogP contribution in [0.2, 0.25) is 0 Å². The summed E-state index contributed by atoms with van der Waals surface area (Å²) in [5.41, 5.74) is 0.555. The second-order valence-corrected chi connectivity index (χ2v) is 11.7. The molecule has 1 aromatic carbocycles. The molecule has 3 N–H and O–H groups in total. The van der Waals surface area contributed by atoms with E-state index in [1.54, 1.807) is 29.8 Å². The number of hydrogen-bond donors (Lipinski definition) is 3. The van der Waals surface area contributed by atoms with Crippen LogP contribution in [0, 0.1) is 18.6 Å². The molecule has 1 fully saturated rings. The molecule has 4 aromatic rings. The van der Waals surface area contributed by atoms with Crippen molar-refractivity contribution in [1.82, 2.24) is 19.4 Å². The van der Waals surface area contributed by atoms with Gasteiger partial charge in [0.1, 0.15) is 41.9 Å². The highest BCUT2D eigenvalue weighted by Gasteiger charge is 2.34. The molecule has 9 nitrogen and oxygen atoms in total. The van der Waals surface area contributed by atoms with Gasteiger partial charge in [-0.15, -0.1) is 0 Å². The molecule has 0 saturated heterocycles. The Hall–Kier alpha value is -4.12. The van der Waals surface area contributed by atoms with Crippen molar-refractivity contribution in [3.8, 4) is 17.3 Å². The number of carbonyl (C=O) groups is 1. The van der Waals surface area contributed by atoms with Gasteiger partial charge < -0.3 is 25.3 Å². The first kappa shape index (κ1) is 29.4. The minimum Gasteiger partial charge on any atom is -0.485 e. The lowest BCUT2D eigenvalue weighted by Gasteiger charge is -2.35. The molecule has 42 heavy (non-hydrogen) atoms. The molecule has 1 saturated carbocycles. The fourth-order valence-electron chi connectivity index (χ4n) is 5.46. The standard InChI is InChI=1S/C31H36F2N6O3/c1-18-25(39-15-7-10-23(29(39)35-18)42-16-20-21(32)8-6-9-22(20)33)28-37-26(34-5)24(30(2,3)17-40)27(38-28)36-19-11-13-31(4,41)14-12-19/h6-10,15,17,19,41H,11-14,16H2,1-5H3,(H2,34,36,37,38). The van der Waals surface area contributed by atoms with Crippen LogP contribution in [0.4, 0.5) is 20.4 Å². The van der Waals surface area contributed by atoms with Gasteiger partial charge in [-0.2, -0.15) is 0 Å². The predicted molar refractivity (Wildman–Crippen MR) is 157 cm³/mol. The van der Waals surface area contributed by atoms with Crippen LogP contribution in [0.5, 0.6) is 5.75 Å². The molecule has 1 aliphatic rings. The van der Waals surface area contributed by atoms with Gasteiger partial charge in [-0.25, -0.2) is 23.7 Å². The van der Waals surface area contributed by atoms with E-state index < -0.39 is 22.7 Å². The largest absolute Gasteiger partial charge is 0.485 e. The number of anilines is 2. The molecule has 0 spiro atoms. The number of nitrogens with zero attached hydrogens (tertiary/aromatic N) is 4. The summed E-state index contributed by atoms with van der Waals surface area (Å²) < 4.78 is 36.0. The molecular formula is C31H36F2N6O3. The maximum Gasteiger partial charge on any atom is 0.182 e. The SMILES string of the molecule is CNc1nc(-c2c(C)nc3c(OCc4c(F)cccc4F)cccn23)nc(NC2CCC(C)(O)CC2)c1C(C)(C)C=O. The lowest BCUT2D eigenvalue weighted by molar-refractivity contribution is -0.111. The average Bonchev–Trinajstić information content (AvgIpc) is 3.29. The Kier molecular flexibility index (Phi) is 7.89. The van der Waals surface area contributed by atoms with Crippen molar-refractivity contribution in [1.29, 1.82) is 0 Å². The summed E-state index contributed by atoms with van der Waals surface area (Å²) in [7, 11) is 1.74. The van der Waals surface area contributed by atoms with E-state index in [4.69, 9.17) is 19.7 Å². The number of benzene rings is 1. The number of aliphatic hydroxyl groups is 1. The Labute approximate surface area is 243 Å². The third-order valence-electron chi connectivity index (χ3n) is 7.92. The summed E-state index contributed by atoms with van der Waals surface area (Å²) >= 11 is 0. The second-order valence-electron chi connectivity index (χ2n) is 11.7. The fraction of sp³-hybridized carbons (Fsp3) is 0.419. The zero-order chi connectivity index (χ0) is 30.2. The quantitative estimate of drug-likeness (QED) is 0.221. The number of fused-ring (bicyclic) bond motifs is 1. The Balaban J connectivity index is 1.57. The molecule has 0 aliphatic heterocycles. The van der Waals surface area contributed by atoms with Crippen LogP contribution in [0.1, 0.15) is 63.3 Å². The number of hydrogen-bond acceptors (Lipinski definition) is 8. The molecule has 0 bridgehead atoms. The first-order valence-electron chi connectivity index (χ1n) is 14.0. The van der Waals surface area contributed by atoms with Gasteiger partial charge >= 0.3 is 0 Å². The average molecular weight is 579 g/mol. The van der Waals surface area contributed by atoms with Gasteiger partial charge in [0.05, 0.1) is 22.3 Å². The monoisotopic (exact) mass is 578 g/mol. The first-order chi connectivity index (χ1) is 19.9. The van der Waals surface area contributed by atoms with Crippen LogP contribution in [-0.4, -0.2) is 49.4 Å². The molecule has 11 heteroatoms. The van der Waals surface area contributed by atoms with Gasteiger partial charge in [0, 0.05) is 24.8 Å². The predicted octanol–water partition coefficient (Wildman–Crippen LogP) is 5.58. The number of aldehydes is 1. The molecule has 222 valence electrons. The van der Waals surface area contributed by atoms with Crippen molar-refractivity contribution in [2.75, 3.05) is 17.7 Å². The van der Waals surface area contributed by atoms with E-state index in [9.17, 15) is 18.7 Å². The number of rotatable bonds is 9. The van der Waals surface area contributed by atoms with Gasteiger partial charge in [-0.05, 0) is 77.6 Å². The number of imidazole rings is 1. The molecule has 0 unspecified atom stereocenters. The topological polar surface area (TPSA) is 114 Å². The van der Waals surface area contributed by atoms with Gasteiger partial charge in [0.25, 0.3) is 0 Å². The van der Waals surface area contributed by atoms with Crippen LogP contribution < -0.4 is 15.4 Å². The number of pyridine rings is 1. The van der Waals surface area contributed by atoms with Gasteiger partial charge in [-0.1, -0.05) is 6.07 Å². The third-order valence-corrected chi connectivity index (χ3v) is 7.92. The Morgan fingerprint density at radius 1 is 1.12 bits per heavy atom. The molecule has 3 aromatic heterocycles. The zero-order valence-electron chi connectivity index (χ0n) is 24.5. The van der Waals surface area contributed by atoms with E-state index in [-0.39, 0.29) is 18.2 Å². The van der Waals surface area contributed by atoms with Gasteiger partial charge in [0.2, 0.25) is 0 Å². The molecular weight excluding hydrogens is 542 g/mol. The number of aryl methyl sites for hydroxylation is 1. The molecule has 0 atom stereocenters. The highest BCUT2D eigenvalue weighted by Crippen LogP contribution is 2.38. The maximum atomic E-state index is 14.2. The van der Waals surface area contributed by atoms with Gasteiger partial charge in [0.15, 0.2) is 17.2 Å².